The van der Waals surface area contributed by atoms with Crippen molar-refractivity contribution in [1.29, 1.82) is 0 Å². The van der Waals surface area contributed by atoms with Crippen molar-refractivity contribution in [3.8, 4) is 12.8 Å². The molecule has 1 aliphatic heterocycles. The molecule has 0 aliphatic carbocycles. The molecule has 2 atom stereocenters. The van der Waals surface area contributed by atoms with Crippen LogP contribution in [0, 0.1) is 18.8 Å². The van der Waals surface area contributed by atoms with Gasteiger partial charge in [0.1, 0.15) is 0 Å². The van der Waals surface area contributed by atoms with Crippen molar-refractivity contribution in [1.82, 2.24) is 0 Å². The first-order valence-electron chi connectivity index (χ1n) is 7.32. The molecule has 0 aromatic heterocycles. The Morgan fingerprint density at radius 3 is 2.50 bits per heavy atom. The van der Waals surface area contributed by atoms with Gasteiger partial charge in [0.05, 0.1) is 12.0 Å². The average Bonchev–Trinajstić information content (AvgIpc) is 2.47. The lowest BCUT2D eigenvalue weighted by atomic mass is 9.75. The number of terminal acetylenes is 1. The normalized spacial score (nSPS) is 21.2. The Morgan fingerprint density at radius 1 is 1.41 bits per heavy atom. The third kappa shape index (κ3) is 5.36. The number of ether oxygens (including phenoxy) is 1. The Hall–Kier alpha value is -1.50. The second kappa shape index (κ2) is 8.22. The zero-order chi connectivity index (χ0) is 16.8. The Labute approximate surface area is 137 Å². The number of aliphatic carboxylic acids is 1. The predicted octanol–water partition coefficient (Wildman–Crippen LogP) is 4.35. The van der Waals surface area contributed by atoms with Crippen molar-refractivity contribution in [2.75, 3.05) is 6.61 Å². The van der Waals surface area contributed by atoms with E-state index in [9.17, 15) is 9.90 Å². The molecule has 2 rings (SSSR count). The molecule has 4 heteroatoms. The van der Waals surface area contributed by atoms with Gasteiger partial charge in [0.15, 0.2) is 0 Å². The van der Waals surface area contributed by atoms with Gasteiger partial charge in [-0.1, -0.05) is 23.7 Å². The van der Waals surface area contributed by atoms with Crippen LogP contribution in [-0.4, -0.2) is 23.3 Å². The van der Waals surface area contributed by atoms with Gasteiger partial charge in [-0.3, -0.25) is 4.79 Å². The molecule has 1 N–H and O–H groups in total. The predicted molar refractivity (Wildman–Crippen MR) is 89.1 cm³/mol. The van der Waals surface area contributed by atoms with Gasteiger partial charge < -0.3 is 9.84 Å². The zero-order valence-corrected chi connectivity index (χ0v) is 13.8. The molecule has 0 spiro atoms. The number of hydrogen-bond acceptors (Lipinski definition) is 2. The summed E-state index contributed by atoms with van der Waals surface area (Å²) >= 11 is 5.92. The van der Waals surface area contributed by atoms with E-state index in [1.165, 1.54) is 0 Å². The molecular formula is C18H23ClO3. The van der Waals surface area contributed by atoms with Crippen molar-refractivity contribution in [3.05, 3.63) is 34.9 Å². The van der Waals surface area contributed by atoms with Crippen molar-refractivity contribution >= 4 is 17.6 Å². The number of carboxylic acid groups (broad SMARTS) is 1. The van der Waals surface area contributed by atoms with Crippen molar-refractivity contribution < 1.29 is 14.6 Å². The smallest absolute Gasteiger partial charge is 0.303 e. The van der Waals surface area contributed by atoms with Crippen LogP contribution in [-0.2, 0) is 9.53 Å². The fraction of sp³-hybridized carbons (Fsp3) is 0.500. The Balaban J connectivity index is 0.00000116. The van der Waals surface area contributed by atoms with Gasteiger partial charge in [0.25, 0.3) is 0 Å². The summed E-state index contributed by atoms with van der Waals surface area (Å²) in [5.74, 6) is -0.404. The molecule has 1 heterocycles. The second-order valence-electron chi connectivity index (χ2n) is 6.12. The summed E-state index contributed by atoms with van der Waals surface area (Å²) in [7, 11) is 0. The van der Waals surface area contributed by atoms with Crippen LogP contribution in [0.3, 0.4) is 0 Å². The first kappa shape index (κ1) is 18.5. The number of rotatable bonds is 4. The minimum atomic E-state index is -0.755. The lowest BCUT2D eigenvalue weighted by molar-refractivity contribution is -0.138. The van der Waals surface area contributed by atoms with Crippen LogP contribution >= 0.6 is 11.6 Å². The van der Waals surface area contributed by atoms with Crippen LogP contribution in [0.4, 0.5) is 0 Å². The number of hydrogen-bond donors (Lipinski definition) is 1. The van der Waals surface area contributed by atoms with Gasteiger partial charge in [-0.05, 0) is 56.2 Å². The first-order chi connectivity index (χ1) is 10.4. The highest BCUT2D eigenvalue weighted by Gasteiger charge is 2.35. The molecule has 120 valence electrons. The lowest BCUT2D eigenvalue weighted by Crippen LogP contribution is -2.36. The van der Waals surface area contributed by atoms with Crippen LogP contribution in [0.25, 0.3) is 0 Å². The number of carbonyl (C=O) groups is 1. The summed E-state index contributed by atoms with van der Waals surface area (Å²) in [5, 5.41) is 9.88. The summed E-state index contributed by atoms with van der Waals surface area (Å²) in [6.45, 7) is 4.83. The molecule has 0 bridgehead atoms. The van der Waals surface area contributed by atoms with Crippen molar-refractivity contribution in [3.63, 3.8) is 0 Å². The molecule has 2 unspecified atom stereocenters. The monoisotopic (exact) mass is 322 g/mol. The quantitative estimate of drug-likeness (QED) is 0.838. The van der Waals surface area contributed by atoms with E-state index in [1.54, 1.807) is 0 Å². The van der Waals surface area contributed by atoms with E-state index >= 15 is 0 Å². The molecule has 22 heavy (non-hydrogen) atoms. The van der Waals surface area contributed by atoms with E-state index in [0.717, 1.165) is 18.4 Å². The average molecular weight is 323 g/mol. The molecule has 1 aliphatic rings. The number of halogens is 1. The van der Waals surface area contributed by atoms with Gasteiger partial charge in [-0.25, -0.2) is 0 Å². The fourth-order valence-corrected chi connectivity index (χ4v) is 3.20. The van der Waals surface area contributed by atoms with E-state index in [4.69, 9.17) is 16.3 Å². The summed E-state index contributed by atoms with van der Waals surface area (Å²) in [4.78, 5) is 11.2. The maximum absolute atomic E-state index is 11.2. The Morgan fingerprint density at radius 2 is 2.00 bits per heavy atom. The molecule has 1 aromatic carbocycles. The van der Waals surface area contributed by atoms with Crippen LogP contribution in [0.1, 0.15) is 44.6 Å². The van der Waals surface area contributed by atoms with Crippen molar-refractivity contribution in [2.24, 2.45) is 5.92 Å². The minimum Gasteiger partial charge on any atom is -0.481 e. The van der Waals surface area contributed by atoms with E-state index in [1.807, 2.05) is 24.3 Å². The molecule has 1 saturated heterocycles. The number of carboxylic acids is 1. The second-order valence-corrected chi connectivity index (χ2v) is 6.55. The third-order valence-electron chi connectivity index (χ3n) is 4.00. The van der Waals surface area contributed by atoms with E-state index in [0.29, 0.717) is 17.5 Å². The first-order valence-corrected chi connectivity index (χ1v) is 7.70. The van der Waals surface area contributed by atoms with Crippen LogP contribution in [0.5, 0.6) is 0 Å². The van der Waals surface area contributed by atoms with Crippen molar-refractivity contribution in [2.45, 2.75) is 44.6 Å². The van der Waals surface area contributed by atoms with Crippen LogP contribution in [0.15, 0.2) is 24.3 Å². The largest absolute Gasteiger partial charge is 0.481 e. The zero-order valence-electron chi connectivity index (χ0n) is 13.1. The minimum absolute atomic E-state index is 0.0212. The molecule has 0 saturated carbocycles. The van der Waals surface area contributed by atoms with Gasteiger partial charge in [-0.15, -0.1) is 12.8 Å². The summed E-state index contributed by atoms with van der Waals surface area (Å²) in [6, 6.07) is 7.54. The van der Waals surface area contributed by atoms with Crippen LogP contribution in [0.2, 0.25) is 5.02 Å². The maximum atomic E-state index is 11.2. The highest BCUT2D eigenvalue weighted by Crippen LogP contribution is 2.40. The van der Waals surface area contributed by atoms with E-state index in [2.05, 4.69) is 26.7 Å². The summed E-state index contributed by atoms with van der Waals surface area (Å²) < 4.78 is 5.74. The Kier molecular flexibility index (Phi) is 6.93. The lowest BCUT2D eigenvalue weighted by Gasteiger charge is -2.39. The van der Waals surface area contributed by atoms with Crippen LogP contribution < -0.4 is 0 Å². The highest BCUT2D eigenvalue weighted by atomic mass is 35.5. The fourth-order valence-electron chi connectivity index (χ4n) is 3.08. The molecule has 1 fully saturated rings. The molecular weight excluding hydrogens is 300 g/mol. The molecule has 0 amide bonds. The van der Waals surface area contributed by atoms with Gasteiger partial charge in [0.2, 0.25) is 0 Å². The molecule has 0 radical (unpaired) electrons. The Bertz CT molecular complexity index is 505. The van der Waals surface area contributed by atoms with E-state index < -0.39 is 5.97 Å². The van der Waals surface area contributed by atoms with E-state index in [-0.39, 0.29) is 17.9 Å². The summed E-state index contributed by atoms with van der Waals surface area (Å²) in [5.41, 5.74) is 0.881. The number of benzene rings is 1. The highest BCUT2D eigenvalue weighted by molar-refractivity contribution is 6.30. The summed E-state index contributed by atoms with van der Waals surface area (Å²) in [6.07, 6.45) is 9.94. The van der Waals surface area contributed by atoms with Gasteiger partial charge in [0, 0.05) is 11.6 Å². The van der Waals surface area contributed by atoms with Gasteiger partial charge >= 0.3 is 5.97 Å². The molecule has 3 nitrogen and oxygen atoms in total. The maximum Gasteiger partial charge on any atom is 0.303 e. The topological polar surface area (TPSA) is 46.5 Å². The standard InChI is InChI=1S/C16H21ClO3.C2H2/c1-16(2)10-12(7-8-20-16)14(9-15(18)19)11-3-5-13(17)6-4-11;1-2/h3-6,12,14H,7-10H2,1-2H3,(H,18,19);1-2H. The third-order valence-corrected chi connectivity index (χ3v) is 4.25. The van der Waals surface area contributed by atoms with Gasteiger partial charge in [-0.2, -0.15) is 0 Å². The molecule has 1 aromatic rings. The SMILES string of the molecule is C#C.CC1(C)CC(C(CC(=O)O)c2ccc(Cl)cc2)CCO1.